The van der Waals surface area contributed by atoms with Gasteiger partial charge in [0.15, 0.2) is 0 Å². The molecule has 1 heterocycles. The van der Waals surface area contributed by atoms with E-state index >= 15 is 0 Å². The second-order valence-electron chi connectivity index (χ2n) is 5.00. The van der Waals surface area contributed by atoms with E-state index in [0.717, 1.165) is 18.2 Å². The summed E-state index contributed by atoms with van der Waals surface area (Å²) in [5.41, 5.74) is 1.15. The van der Waals surface area contributed by atoms with Crippen molar-refractivity contribution in [3.05, 3.63) is 18.0 Å². The first-order valence-corrected chi connectivity index (χ1v) is 6.50. The highest BCUT2D eigenvalue weighted by molar-refractivity contribution is 4.98. The van der Waals surface area contributed by atoms with E-state index in [1.165, 1.54) is 32.1 Å². The third kappa shape index (κ3) is 3.08. The lowest BCUT2D eigenvalue weighted by Crippen LogP contribution is -2.33. The van der Waals surface area contributed by atoms with Crippen LogP contribution in [0.4, 0.5) is 0 Å². The molecule has 1 aromatic rings. The van der Waals surface area contributed by atoms with Crippen LogP contribution >= 0.6 is 0 Å². The summed E-state index contributed by atoms with van der Waals surface area (Å²) >= 11 is 0. The Morgan fingerprint density at radius 2 is 2.38 bits per heavy atom. The Hall–Kier alpha value is -0.830. The number of aryl methyl sites for hydroxylation is 1. The van der Waals surface area contributed by atoms with Crippen molar-refractivity contribution in [1.82, 2.24) is 15.1 Å². The largest absolute Gasteiger partial charge is 0.308 e. The van der Waals surface area contributed by atoms with Crippen LogP contribution in [0, 0.1) is 5.92 Å². The van der Waals surface area contributed by atoms with Gasteiger partial charge in [-0.25, -0.2) is 0 Å². The van der Waals surface area contributed by atoms with Crippen molar-refractivity contribution in [1.29, 1.82) is 0 Å². The number of rotatable bonds is 4. The standard InChI is InChI=1S/C13H23N3/c1-3-11-5-4-6-12(9-11)14-10-13-7-8-16(2)15-13/h7-8,11-12,14H,3-6,9-10H2,1-2H3. The average molecular weight is 221 g/mol. The molecular weight excluding hydrogens is 198 g/mol. The summed E-state index contributed by atoms with van der Waals surface area (Å²) in [5.74, 6) is 0.940. The van der Waals surface area contributed by atoms with Gasteiger partial charge in [0.05, 0.1) is 5.69 Å². The molecule has 0 aromatic carbocycles. The number of nitrogens with one attached hydrogen (secondary N) is 1. The zero-order chi connectivity index (χ0) is 11.4. The normalized spacial score (nSPS) is 25.9. The number of nitrogens with zero attached hydrogens (tertiary/aromatic N) is 2. The smallest absolute Gasteiger partial charge is 0.0762 e. The zero-order valence-electron chi connectivity index (χ0n) is 10.4. The van der Waals surface area contributed by atoms with E-state index in [1.807, 2.05) is 17.9 Å². The third-order valence-electron chi connectivity index (χ3n) is 3.70. The molecule has 1 fully saturated rings. The third-order valence-corrected chi connectivity index (χ3v) is 3.70. The van der Waals surface area contributed by atoms with Crippen LogP contribution in [-0.2, 0) is 13.6 Å². The summed E-state index contributed by atoms with van der Waals surface area (Å²) in [6.45, 7) is 3.23. The molecule has 2 atom stereocenters. The van der Waals surface area contributed by atoms with Gasteiger partial charge < -0.3 is 5.32 Å². The Morgan fingerprint density at radius 3 is 3.06 bits per heavy atom. The first-order valence-electron chi connectivity index (χ1n) is 6.50. The van der Waals surface area contributed by atoms with Crippen LogP contribution in [-0.4, -0.2) is 15.8 Å². The summed E-state index contributed by atoms with van der Waals surface area (Å²) in [6.07, 6.45) is 8.85. The van der Waals surface area contributed by atoms with Gasteiger partial charge in [0.1, 0.15) is 0 Å². The van der Waals surface area contributed by atoms with Crippen molar-refractivity contribution in [2.75, 3.05) is 0 Å². The van der Waals surface area contributed by atoms with Crippen molar-refractivity contribution in [3.8, 4) is 0 Å². The minimum Gasteiger partial charge on any atom is -0.308 e. The molecule has 1 aliphatic carbocycles. The summed E-state index contributed by atoms with van der Waals surface area (Å²) in [6, 6.07) is 2.80. The van der Waals surface area contributed by atoms with Crippen LogP contribution < -0.4 is 5.32 Å². The van der Waals surface area contributed by atoms with E-state index in [1.54, 1.807) is 0 Å². The Morgan fingerprint density at radius 1 is 1.50 bits per heavy atom. The molecule has 90 valence electrons. The fourth-order valence-electron chi connectivity index (χ4n) is 2.65. The minimum atomic E-state index is 0.709. The first-order chi connectivity index (χ1) is 7.78. The molecule has 1 N–H and O–H groups in total. The second kappa shape index (κ2) is 5.48. The molecule has 1 aromatic heterocycles. The maximum absolute atomic E-state index is 4.39. The molecule has 0 bridgehead atoms. The zero-order valence-corrected chi connectivity index (χ0v) is 10.4. The highest BCUT2D eigenvalue weighted by Crippen LogP contribution is 2.26. The lowest BCUT2D eigenvalue weighted by molar-refractivity contribution is 0.277. The van der Waals surface area contributed by atoms with E-state index < -0.39 is 0 Å². The lowest BCUT2D eigenvalue weighted by atomic mass is 9.84. The number of hydrogen-bond donors (Lipinski definition) is 1. The summed E-state index contributed by atoms with van der Waals surface area (Å²) < 4.78 is 1.87. The highest BCUT2D eigenvalue weighted by Gasteiger charge is 2.20. The monoisotopic (exact) mass is 221 g/mol. The van der Waals surface area contributed by atoms with Crippen molar-refractivity contribution in [2.45, 2.75) is 51.6 Å². The van der Waals surface area contributed by atoms with Gasteiger partial charge in [0.2, 0.25) is 0 Å². The molecule has 16 heavy (non-hydrogen) atoms. The van der Waals surface area contributed by atoms with E-state index in [4.69, 9.17) is 0 Å². The van der Waals surface area contributed by atoms with Crippen LogP contribution in [0.2, 0.25) is 0 Å². The Balaban J connectivity index is 1.77. The van der Waals surface area contributed by atoms with Crippen LogP contribution in [0.5, 0.6) is 0 Å². The van der Waals surface area contributed by atoms with Gasteiger partial charge in [-0.2, -0.15) is 5.10 Å². The van der Waals surface area contributed by atoms with Crippen LogP contribution in [0.25, 0.3) is 0 Å². The van der Waals surface area contributed by atoms with Gasteiger partial charge >= 0.3 is 0 Å². The maximum atomic E-state index is 4.39. The maximum Gasteiger partial charge on any atom is 0.0762 e. The van der Waals surface area contributed by atoms with E-state index in [9.17, 15) is 0 Å². The number of hydrogen-bond acceptors (Lipinski definition) is 2. The molecule has 1 saturated carbocycles. The first kappa shape index (κ1) is 11.6. The topological polar surface area (TPSA) is 29.9 Å². The Bertz CT molecular complexity index is 319. The van der Waals surface area contributed by atoms with E-state index in [-0.39, 0.29) is 0 Å². The molecule has 2 rings (SSSR count). The summed E-state index contributed by atoms with van der Waals surface area (Å²) in [7, 11) is 1.97. The molecule has 2 unspecified atom stereocenters. The van der Waals surface area contributed by atoms with Gasteiger partial charge in [-0.1, -0.05) is 26.2 Å². The van der Waals surface area contributed by atoms with Gasteiger partial charge in [-0.3, -0.25) is 4.68 Å². The second-order valence-corrected chi connectivity index (χ2v) is 5.00. The highest BCUT2D eigenvalue weighted by atomic mass is 15.3. The SMILES string of the molecule is CCC1CCCC(NCc2ccn(C)n2)C1. The molecule has 1 aliphatic rings. The predicted octanol–water partition coefficient (Wildman–Crippen LogP) is 2.48. The summed E-state index contributed by atoms with van der Waals surface area (Å²) in [4.78, 5) is 0. The lowest BCUT2D eigenvalue weighted by Gasteiger charge is -2.29. The van der Waals surface area contributed by atoms with Crippen LogP contribution in [0.15, 0.2) is 12.3 Å². The van der Waals surface area contributed by atoms with E-state index in [0.29, 0.717) is 6.04 Å². The van der Waals surface area contributed by atoms with E-state index in [2.05, 4.69) is 23.4 Å². The van der Waals surface area contributed by atoms with Crippen molar-refractivity contribution < 1.29 is 0 Å². The van der Waals surface area contributed by atoms with Gasteiger partial charge in [-0.15, -0.1) is 0 Å². The van der Waals surface area contributed by atoms with Crippen LogP contribution in [0.1, 0.15) is 44.7 Å². The summed E-state index contributed by atoms with van der Waals surface area (Å²) in [5, 5.41) is 8.03. The molecule has 0 aliphatic heterocycles. The van der Waals surface area contributed by atoms with Crippen molar-refractivity contribution >= 4 is 0 Å². The van der Waals surface area contributed by atoms with Crippen molar-refractivity contribution in [2.24, 2.45) is 13.0 Å². The fourth-order valence-corrected chi connectivity index (χ4v) is 2.65. The molecule has 0 saturated heterocycles. The molecule has 0 amide bonds. The van der Waals surface area contributed by atoms with Gasteiger partial charge in [0, 0.05) is 25.8 Å². The van der Waals surface area contributed by atoms with Crippen molar-refractivity contribution in [3.63, 3.8) is 0 Å². The number of aromatic nitrogens is 2. The fraction of sp³-hybridized carbons (Fsp3) is 0.769. The Labute approximate surface area is 98.2 Å². The average Bonchev–Trinajstić information content (AvgIpc) is 2.73. The molecule has 0 spiro atoms. The molecule has 0 radical (unpaired) electrons. The van der Waals surface area contributed by atoms with Gasteiger partial charge in [-0.05, 0) is 24.8 Å². The molecule has 3 heteroatoms. The quantitative estimate of drug-likeness (QED) is 0.846. The molecular formula is C13H23N3. The Kier molecular flexibility index (Phi) is 3.99. The molecule has 3 nitrogen and oxygen atoms in total. The van der Waals surface area contributed by atoms with Gasteiger partial charge in [0.25, 0.3) is 0 Å². The predicted molar refractivity (Wildman–Crippen MR) is 66.1 cm³/mol. The van der Waals surface area contributed by atoms with Crippen LogP contribution in [0.3, 0.4) is 0 Å². The minimum absolute atomic E-state index is 0.709.